The Morgan fingerprint density at radius 3 is 2.71 bits per heavy atom. The summed E-state index contributed by atoms with van der Waals surface area (Å²) in [4.78, 5) is 13.8. The summed E-state index contributed by atoms with van der Waals surface area (Å²) in [5.74, 6) is -0.172. The number of halogens is 2. The molecule has 0 bridgehead atoms. The van der Waals surface area contributed by atoms with E-state index in [-0.39, 0.29) is 49.1 Å². The Balaban J connectivity index is 1.56. The lowest BCUT2D eigenvalue weighted by molar-refractivity contribution is -0.136. The number of nitrogens with one attached hydrogen (secondary N) is 1. The number of carbonyl (C=O) groups is 1. The topological polar surface area (TPSA) is 84.9 Å². The van der Waals surface area contributed by atoms with Crippen LogP contribution in [0.4, 0.5) is 0 Å². The van der Waals surface area contributed by atoms with E-state index in [9.17, 15) is 13.2 Å². The van der Waals surface area contributed by atoms with Gasteiger partial charge in [-0.2, -0.15) is 0 Å². The molecule has 0 radical (unpaired) electrons. The highest BCUT2D eigenvalue weighted by Crippen LogP contribution is 2.32. The molecule has 0 saturated carbocycles. The van der Waals surface area contributed by atoms with Gasteiger partial charge >= 0.3 is 0 Å². The summed E-state index contributed by atoms with van der Waals surface area (Å²) >= 11 is 12.2. The van der Waals surface area contributed by atoms with Crippen molar-refractivity contribution in [1.29, 1.82) is 0 Å². The molecule has 1 aromatic rings. The average molecular weight is 451 g/mol. The Kier molecular flexibility index (Phi) is 7.58. The SMILES string of the molecule is O=C(COC[C@H]1CNCCO[C@H]1c1ccc(Cl)c(Cl)c1)N1CCS(=O)(=O)CC1. The zero-order valence-electron chi connectivity index (χ0n) is 15.4. The van der Waals surface area contributed by atoms with Gasteiger partial charge in [0.2, 0.25) is 5.91 Å². The van der Waals surface area contributed by atoms with Gasteiger partial charge in [0, 0.05) is 32.1 Å². The predicted molar refractivity (Wildman–Crippen MR) is 108 cm³/mol. The smallest absolute Gasteiger partial charge is 0.248 e. The number of sulfone groups is 1. The third-order valence-corrected chi connectivity index (χ3v) is 7.29. The molecule has 1 N–H and O–H groups in total. The van der Waals surface area contributed by atoms with Crippen LogP contribution in [0.15, 0.2) is 18.2 Å². The third kappa shape index (κ3) is 5.81. The van der Waals surface area contributed by atoms with Crippen LogP contribution in [0.5, 0.6) is 0 Å². The van der Waals surface area contributed by atoms with Gasteiger partial charge < -0.3 is 19.7 Å². The number of nitrogens with zero attached hydrogens (tertiary/aromatic N) is 1. The first-order chi connectivity index (χ1) is 13.4. The normalized spacial score (nSPS) is 25.3. The lowest BCUT2D eigenvalue weighted by atomic mass is 9.96. The molecular weight excluding hydrogens is 427 g/mol. The summed E-state index contributed by atoms with van der Waals surface area (Å²) in [6.45, 7) is 2.68. The maximum absolute atomic E-state index is 12.3. The first-order valence-electron chi connectivity index (χ1n) is 9.19. The largest absolute Gasteiger partial charge is 0.372 e. The van der Waals surface area contributed by atoms with E-state index in [4.69, 9.17) is 32.7 Å². The molecule has 2 saturated heterocycles. The second kappa shape index (κ2) is 9.73. The number of hydrogen-bond acceptors (Lipinski definition) is 6. The van der Waals surface area contributed by atoms with E-state index in [1.165, 1.54) is 0 Å². The quantitative estimate of drug-likeness (QED) is 0.732. The summed E-state index contributed by atoms with van der Waals surface area (Å²) in [7, 11) is -3.02. The fourth-order valence-corrected chi connectivity index (χ4v) is 4.85. The first kappa shape index (κ1) is 21.8. The average Bonchev–Trinajstić information content (AvgIpc) is 2.89. The van der Waals surface area contributed by atoms with Crippen molar-refractivity contribution in [3.05, 3.63) is 33.8 Å². The van der Waals surface area contributed by atoms with Gasteiger partial charge in [-0.15, -0.1) is 0 Å². The van der Waals surface area contributed by atoms with Crippen LogP contribution >= 0.6 is 23.2 Å². The number of rotatable bonds is 5. The van der Waals surface area contributed by atoms with Crippen molar-refractivity contribution >= 4 is 38.9 Å². The molecule has 2 aliphatic rings. The van der Waals surface area contributed by atoms with Gasteiger partial charge in [0.15, 0.2) is 9.84 Å². The molecule has 0 aromatic heterocycles. The maximum atomic E-state index is 12.3. The van der Waals surface area contributed by atoms with Crippen LogP contribution < -0.4 is 5.32 Å². The van der Waals surface area contributed by atoms with Crippen molar-refractivity contribution in [2.75, 3.05) is 57.5 Å². The Labute approximate surface area is 175 Å². The molecule has 2 fully saturated rings. The van der Waals surface area contributed by atoms with Crippen LogP contribution in [0.25, 0.3) is 0 Å². The highest BCUT2D eigenvalue weighted by Gasteiger charge is 2.28. The molecule has 0 unspecified atom stereocenters. The molecule has 28 heavy (non-hydrogen) atoms. The molecule has 1 amide bonds. The third-order valence-electron chi connectivity index (χ3n) is 4.94. The zero-order valence-corrected chi connectivity index (χ0v) is 17.7. The Morgan fingerprint density at radius 1 is 1.25 bits per heavy atom. The fraction of sp³-hybridized carbons (Fsp3) is 0.611. The van der Waals surface area contributed by atoms with Crippen molar-refractivity contribution in [3.63, 3.8) is 0 Å². The lowest BCUT2D eigenvalue weighted by Gasteiger charge is -2.28. The Hall–Kier alpha value is -0.900. The number of amides is 1. The second-order valence-corrected chi connectivity index (χ2v) is 10.1. The van der Waals surface area contributed by atoms with Gasteiger partial charge in [-0.3, -0.25) is 4.79 Å². The van der Waals surface area contributed by atoms with Crippen molar-refractivity contribution in [2.45, 2.75) is 6.10 Å². The van der Waals surface area contributed by atoms with Gasteiger partial charge in [0.1, 0.15) is 6.61 Å². The van der Waals surface area contributed by atoms with Gasteiger partial charge in [0.05, 0.1) is 40.9 Å². The van der Waals surface area contributed by atoms with Crippen LogP contribution in [-0.2, 0) is 24.1 Å². The molecule has 0 spiro atoms. The molecule has 0 aliphatic carbocycles. The fourth-order valence-electron chi connectivity index (χ4n) is 3.34. The molecule has 2 atom stereocenters. The van der Waals surface area contributed by atoms with Gasteiger partial charge in [-0.05, 0) is 17.7 Å². The zero-order chi connectivity index (χ0) is 20.1. The number of carbonyl (C=O) groups excluding carboxylic acids is 1. The summed E-state index contributed by atoms with van der Waals surface area (Å²) < 4.78 is 34.6. The van der Waals surface area contributed by atoms with Crippen LogP contribution in [0.2, 0.25) is 10.0 Å². The summed E-state index contributed by atoms with van der Waals surface area (Å²) in [6, 6.07) is 5.43. The van der Waals surface area contributed by atoms with Crippen molar-refractivity contribution in [2.24, 2.45) is 5.92 Å². The van der Waals surface area contributed by atoms with E-state index in [2.05, 4.69) is 5.32 Å². The van der Waals surface area contributed by atoms with E-state index in [1.807, 2.05) is 6.07 Å². The Morgan fingerprint density at radius 2 is 2.00 bits per heavy atom. The molecule has 2 aliphatic heterocycles. The van der Waals surface area contributed by atoms with Crippen molar-refractivity contribution < 1.29 is 22.7 Å². The minimum Gasteiger partial charge on any atom is -0.372 e. The van der Waals surface area contributed by atoms with E-state index in [0.717, 1.165) is 12.1 Å². The Bertz CT molecular complexity index is 791. The number of hydrogen-bond donors (Lipinski definition) is 1. The van der Waals surface area contributed by atoms with E-state index in [0.29, 0.717) is 29.8 Å². The summed E-state index contributed by atoms with van der Waals surface area (Å²) in [6.07, 6.45) is -0.222. The molecule has 156 valence electrons. The molecule has 7 nitrogen and oxygen atoms in total. The van der Waals surface area contributed by atoms with Crippen LogP contribution in [0.1, 0.15) is 11.7 Å². The predicted octanol–water partition coefficient (Wildman–Crippen LogP) is 1.54. The molecular formula is C18H24Cl2N2O5S. The maximum Gasteiger partial charge on any atom is 0.248 e. The minimum absolute atomic E-state index is 0.00530. The number of benzene rings is 1. The van der Waals surface area contributed by atoms with E-state index in [1.54, 1.807) is 17.0 Å². The molecule has 1 aromatic carbocycles. The molecule has 2 heterocycles. The summed E-state index contributed by atoms with van der Waals surface area (Å²) in [5, 5.41) is 4.26. The standard InChI is InChI=1S/C18H24Cl2N2O5S/c19-15-2-1-13(9-16(15)20)18-14(10-21-3-6-27-18)11-26-12-17(23)22-4-7-28(24,25)8-5-22/h1-2,9,14,18,21H,3-8,10-12H2/t14-,18+/m1/s1. The van der Waals surface area contributed by atoms with E-state index < -0.39 is 9.84 Å². The summed E-state index contributed by atoms with van der Waals surface area (Å²) in [5.41, 5.74) is 0.916. The van der Waals surface area contributed by atoms with Crippen LogP contribution in [-0.4, -0.2) is 76.7 Å². The molecule has 3 rings (SSSR count). The second-order valence-electron chi connectivity index (χ2n) is 6.98. The highest BCUT2D eigenvalue weighted by molar-refractivity contribution is 7.91. The monoisotopic (exact) mass is 450 g/mol. The van der Waals surface area contributed by atoms with Crippen molar-refractivity contribution in [1.82, 2.24) is 10.2 Å². The lowest BCUT2D eigenvalue weighted by Crippen LogP contribution is -2.45. The first-order valence-corrected chi connectivity index (χ1v) is 11.8. The van der Waals surface area contributed by atoms with Gasteiger partial charge in [-0.1, -0.05) is 29.3 Å². The van der Waals surface area contributed by atoms with Crippen molar-refractivity contribution in [3.8, 4) is 0 Å². The minimum atomic E-state index is -3.02. The van der Waals surface area contributed by atoms with Crippen LogP contribution in [0, 0.1) is 5.92 Å². The van der Waals surface area contributed by atoms with Gasteiger partial charge in [-0.25, -0.2) is 8.42 Å². The molecule has 10 heteroatoms. The van der Waals surface area contributed by atoms with E-state index >= 15 is 0 Å². The van der Waals surface area contributed by atoms with Crippen LogP contribution in [0.3, 0.4) is 0 Å². The number of ether oxygens (including phenoxy) is 2. The highest BCUT2D eigenvalue weighted by atomic mass is 35.5. The van der Waals surface area contributed by atoms with Gasteiger partial charge in [0.25, 0.3) is 0 Å².